The van der Waals surface area contributed by atoms with E-state index in [1.54, 1.807) is 6.20 Å². The van der Waals surface area contributed by atoms with Crippen LogP contribution in [0, 0.1) is 12.8 Å². The summed E-state index contributed by atoms with van der Waals surface area (Å²) in [4.78, 5) is 8.68. The van der Waals surface area contributed by atoms with Gasteiger partial charge in [-0.2, -0.15) is 0 Å². The second-order valence-corrected chi connectivity index (χ2v) is 5.53. The number of aromatic nitrogens is 2. The molecule has 0 radical (unpaired) electrons. The van der Waals surface area contributed by atoms with Crippen LogP contribution in [0.3, 0.4) is 0 Å². The number of aryl methyl sites for hydroxylation is 1. The molecular formula is C13H20ClN3. The molecule has 1 fully saturated rings. The quantitative estimate of drug-likeness (QED) is 0.840. The molecular weight excluding hydrogens is 234 g/mol. The van der Waals surface area contributed by atoms with Crippen LogP contribution in [0.15, 0.2) is 12.3 Å². The highest BCUT2D eigenvalue weighted by molar-refractivity contribution is 6.18. The molecule has 1 aliphatic rings. The van der Waals surface area contributed by atoms with Crippen molar-refractivity contribution >= 4 is 17.5 Å². The maximum absolute atomic E-state index is 6.17. The zero-order valence-corrected chi connectivity index (χ0v) is 11.3. The van der Waals surface area contributed by atoms with Gasteiger partial charge in [0, 0.05) is 17.8 Å². The zero-order chi connectivity index (χ0) is 12.3. The minimum absolute atomic E-state index is 0.0208. The number of alkyl halides is 1. The van der Waals surface area contributed by atoms with Crippen molar-refractivity contribution < 1.29 is 0 Å². The highest BCUT2D eigenvalue weighted by Crippen LogP contribution is 2.35. The van der Waals surface area contributed by atoms with Crippen molar-refractivity contribution in [3.8, 4) is 0 Å². The van der Waals surface area contributed by atoms with Crippen LogP contribution in [0.25, 0.3) is 0 Å². The molecule has 17 heavy (non-hydrogen) atoms. The lowest BCUT2D eigenvalue weighted by atomic mass is 9.77. The van der Waals surface area contributed by atoms with Gasteiger partial charge in [-0.25, -0.2) is 9.97 Å². The molecule has 3 nitrogen and oxygen atoms in total. The van der Waals surface area contributed by atoms with E-state index in [4.69, 9.17) is 11.6 Å². The number of hydrogen-bond acceptors (Lipinski definition) is 3. The minimum Gasteiger partial charge on any atom is -0.348 e. The molecule has 4 heteroatoms. The highest BCUT2D eigenvalue weighted by atomic mass is 35.5. The Morgan fingerprint density at radius 3 is 3.06 bits per heavy atom. The van der Waals surface area contributed by atoms with E-state index < -0.39 is 0 Å². The van der Waals surface area contributed by atoms with Crippen molar-refractivity contribution in [3.63, 3.8) is 0 Å². The monoisotopic (exact) mass is 253 g/mol. The summed E-state index contributed by atoms with van der Waals surface area (Å²) in [6.45, 7) is 4.27. The van der Waals surface area contributed by atoms with Gasteiger partial charge in [-0.1, -0.05) is 19.8 Å². The molecule has 1 saturated carbocycles. The fourth-order valence-electron chi connectivity index (χ4n) is 2.67. The van der Waals surface area contributed by atoms with E-state index in [9.17, 15) is 0 Å². The summed E-state index contributed by atoms with van der Waals surface area (Å²) >= 11 is 6.17. The smallest absolute Gasteiger partial charge is 0.223 e. The van der Waals surface area contributed by atoms with Crippen LogP contribution in [0.2, 0.25) is 0 Å². The fraction of sp³-hybridized carbons (Fsp3) is 0.692. The molecule has 2 unspecified atom stereocenters. The van der Waals surface area contributed by atoms with E-state index in [2.05, 4.69) is 22.2 Å². The second kappa shape index (κ2) is 5.21. The Balaban J connectivity index is 2.13. The van der Waals surface area contributed by atoms with Gasteiger partial charge in [0.2, 0.25) is 5.95 Å². The van der Waals surface area contributed by atoms with Gasteiger partial charge in [-0.3, -0.25) is 0 Å². The number of anilines is 1. The average Bonchev–Trinajstić information content (AvgIpc) is 2.29. The van der Waals surface area contributed by atoms with E-state index in [0.29, 0.717) is 11.8 Å². The number of rotatable bonds is 3. The Morgan fingerprint density at radius 1 is 1.59 bits per heavy atom. The number of halogens is 1. The van der Waals surface area contributed by atoms with Crippen LogP contribution in [-0.2, 0) is 0 Å². The molecule has 1 aliphatic carbocycles. The molecule has 1 N–H and O–H groups in total. The third-order valence-electron chi connectivity index (χ3n) is 3.52. The Morgan fingerprint density at radius 2 is 2.41 bits per heavy atom. The first-order valence-corrected chi connectivity index (χ1v) is 6.81. The van der Waals surface area contributed by atoms with Crippen molar-refractivity contribution in [3.05, 3.63) is 18.0 Å². The molecule has 2 rings (SSSR count). The maximum atomic E-state index is 6.17. The van der Waals surface area contributed by atoms with Crippen LogP contribution in [0.5, 0.6) is 0 Å². The summed E-state index contributed by atoms with van der Waals surface area (Å²) in [5.74, 6) is 2.05. The summed E-state index contributed by atoms with van der Waals surface area (Å²) in [5.41, 5.74) is 0.962. The van der Waals surface area contributed by atoms with E-state index in [1.165, 1.54) is 12.8 Å². The zero-order valence-electron chi connectivity index (χ0n) is 10.5. The van der Waals surface area contributed by atoms with Crippen molar-refractivity contribution in [1.82, 2.24) is 9.97 Å². The SMILES string of the molecule is Cc1ccnc(NC2(CCl)CCCC(C)C2)n1. The number of nitrogens with one attached hydrogen (secondary N) is 1. The van der Waals surface area contributed by atoms with Gasteiger partial charge in [0.25, 0.3) is 0 Å². The summed E-state index contributed by atoms with van der Waals surface area (Å²) in [6, 6.07) is 1.90. The van der Waals surface area contributed by atoms with Crippen molar-refractivity contribution in [2.45, 2.75) is 45.1 Å². The Bertz CT molecular complexity index is 383. The first-order valence-electron chi connectivity index (χ1n) is 6.27. The van der Waals surface area contributed by atoms with Crippen molar-refractivity contribution in [2.24, 2.45) is 5.92 Å². The predicted molar refractivity (Wildman–Crippen MR) is 71.5 cm³/mol. The van der Waals surface area contributed by atoms with E-state index in [1.807, 2.05) is 13.0 Å². The van der Waals surface area contributed by atoms with Crippen LogP contribution < -0.4 is 5.32 Å². The second-order valence-electron chi connectivity index (χ2n) is 5.26. The summed E-state index contributed by atoms with van der Waals surface area (Å²) in [6.07, 6.45) is 6.53. The standard InChI is InChI=1S/C13H20ClN3/c1-10-4-3-6-13(8-10,9-14)17-12-15-7-5-11(2)16-12/h5,7,10H,3-4,6,8-9H2,1-2H3,(H,15,16,17). The lowest BCUT2D eigenvalue weighted by molar-refractivity contribution is 0.278. The van der Waals surface area contributed by atoms with E-state index in [-0.39, 0.29) is 5.54 Å². The highest BCUT2D eigenvalue weighted by Gasteiger charge is 2.34. The molecule has 0 amide bonds. The van der Waals surface area contributed by atoms with Gasteiger partial charge >= 0.3 is 0 Å². The van der Waals surface area contributed by atoms with Crippen molar-refractivity contribution in [2.75, 3.05) is 11.2 Å². The normalized spacial score (nSPS) is 29.0. The molecule has 0 saturated heterocycles. The number of hydrogen-bond donors (Lipinski definition) is 1. The average molecular weight is 254 g/mol. The summed E-state index contributed by atoms with van der Waals surface area (Å²) in [5, 5.41) is 3.46. The molecule has 2 atom stereocenters. The molecule has 0 bridgehead atoms. The van der Waals surface area contributed by atoms with E-state index in [0.717, 1.165) is 24.5 Å². The van der Waals surface area contributed by atoms with Crippen LogP contribution >= 0.6 is 11.6 Å². The third kappa shape index (κ3) is 3.09. The molecule has 0 aliphatic heterocycles. The fourth-order valence-corrected chi connectivity index (χ4v) is 2.98. The van der Waals surface area contributed by atoms with Gasteiger partial charge < -0.3 is 5.32 Å². The lowest BCUT2D eigenvalue weighted by Gasteiger charge is -2.39. The Kier molecular flexibility index (Phi) is 3.87. The molecule has 1 aromatic heterocycles. The molecule has 94 valence electrons. The largest absolute Gasteiger partial charge is 0.348 e. The van der Waals surface area contributed by atoms with Gasteiger partial charge in [0.05, 0.1) is 5.54 Å². The maximum Gasteiger partial charge on any atom is 0.223 e. The molecule has 0 aromatic carbocycles. The van der Waals surface area contributed by atoms with E-state index >= 15 is 0 Å². The minimum atomic E-state index is -0.0208. The first kappa shape index (κ1) is 12.6. The number of nitrogens with zero attached hydrogens (tertiary/aromatic N) is 2. The molecule has 1 aromatic rings. The summed E-state index contributed by atoms with van der Waals surface area (Å²) in [7, 11) is 0. The van der Waals surface area contributed by atoms with Crippen molar-refractivity contribution in [1.29, 1.82) is 0 Å². The Hall–Kier alpha value is -0.830. The van der Waals surface area contributed by atoms with Gasteiger partial charge in [-0.05, 0) is 31.7 Å². The van der Waals surface area contributed by atoms with Crippen LogP contribution in [-0.4, -0.2) is 21.4 Å². The third-order valence-corrected chi connectivity index (χ3v) is 4.03. The van der Waals surface area contributed by atoms with Gasteiger partial charge in [-0.15, -0.1) is 11.6 Å². The topological polar surface area (TPSA) is 37.8 Å². The molecule has 0 spiro atoms. The van der Waals surface area contributed by atoms with Gasteiger partial charge in [0.15, 0.2) is 0 Å². The Labute approximate surface area is 108 Å². The summed E-state index contributed by atoms with van der Waals surface area (Å²) < 4.78 is 0. The lowest BCUT2D eigenvalue weighted by Crippen LogP contribution is -2.44. The molecule has 1 heterocycles. The van der Waals surface area contributed by atoms with Crippen LogP contribution in [0.1, 0.15) is 38.3 Å². The van der Waals surface area contributed by atoms with Crippen LogP contribution in [0.4, 0.5) is 5.95 Å². The van der Waals surface area contributed by atoms with Gasteiger partial charge in [0.1, 0.15) is 0 Å². The first-order chi connectivity index (χ1) is 8.13. The predicted octanol–water partition coefficient (Wildman–Crippen LogP) is 3.38.